The summed E-state index contributed by atoms with van der Waals surface area (Å²) in [6, 6.07) is 13.7. The minimum atomic E-state index is -4.64. The quantitative estimate of drug-likeness (QED) is 0.724. The standard InChI is InChI=1S/C19H16F3N3O2/c1-13(27-15-6-3-2-4-7-15)18(26)24-17-9-8-14(25-11-5-10-23-25)12-16(17)19(20,21)22/h2-13H,1H3,(H,24,26)/t13-/m1/s1. The van der Waals surface area contributed by atoms with Crippen molar-refractivity contribution in [1.29, 1.82) is 0 Å². The van der Waals surface area contributed by atoms with Gasteiger partial charge in [0.05, 0.1) is 16.9 Å². The van der Waals surface area contributed by atoms with Gasteiger partial charge in [-0.3, -0.25) is 4.79 Å². The van der Waals surface area contributed by atoms with Gasteiger partial charge in [0.2, 0.25) is 0 Å². The molecular weight excluding hydrogens is 359 g/mol. The maximum absolute atomic E-state index is 13.5. The third-order valence-electron chi connectivity index (χ3n) is 3.76. The fourth-order valence-electron chi connectivity index (χ4n) is 2.43. The Morgan fingerprint density at radius 3 is 2.52 bits per heavy atom. The van der Waals surface area contributed by atoms with E-state index in [2.05, 4.69) is 10.4 Å². The van der Waals surface area contributed by atoms with E-state index < -0.39 is 23.8 Å². The lowest BCUT2D eigenvalue weighted by molar-refractivity contribution is -0.137. The number of para-hydroxylation sites is 1. The number of rotatable bonds is 5. The molecule has 0 saturated heterocycles. The Balaban J connectivity index is 1.82. The van der Waals surface area contributed by atoms with Crippen LogP contribution in [0.1, 0.15) is 12.5 Å². The minimum absolute atomic E-state index is 0.235. The highest BCUT2D eigenvalue weighted by Gasteiger charge is 2.35. The summed E-state index contributed by atoms with van der Waals surface area (Å²) < 4.78 is 47.1. The van der Waals surface area contributed by atoms with E-state index in [1.54, 1.807) is 36.4 Å². The van der Waals surface area contributed by atoms with E-state index in [9.17, 15) is 18.0 Å². The van der Waals surface area contributed by atoms with Gasteiger partial charge in [-0.05, 0) is 43.3 Å². The second-order valence-corrected chi connectivity index (χ2v) is 5.74. The van der Waals surface area contributed by atoms with Crippen molar-refractivity contribution in [3.63, 3.8) is 0 Å². The molecule has 1 aromatic heterocycles. The van der Waals surface area contributed by atoms with Gasteiger partial charge in [0, 0.05) is 12.4 Å². The molecular formula is C19H16F3N3O2. The van der Waals surface area contributed by atoms with E-state index in [0.717, 1.165) is 6.07 Å². The minimum Gasteiger partial charge on any atom is -0.481 e. The van der Waals surface area contributed by atoms with Crippen LogP contribution >= 0.6 is 0 Å². The molecule has 0 radical (unpaired) electrons. The van der Waals surface area contributed by atoms with E-state index in [0.29, 0.717) is 5.75 Å². The molecule has 2 aromatic carbocycles. The van der Waals surface area contributed by atoms with Gasteiger partial charge in [-0.25, -0.2) is 4.68 Å². The molecule has 0 aliphatic rings. The van der Waals surface area contributed by atoms with Crippen LogP contribution in [-0.2, 0) is 11.0 Å². The monoisotopic (exact) mass is 375 g/mol. The molecule has 1 N–H and O–H groups in total. The van der Waals surface area contributed by atoms with Crippen molar-refractivity contribution in [2.45, 2.75) is 19.2 Å². The summed E-state index contributed by atoms with van der Waals surface area (Å²) in [5, 5.41) is 6.21. The molecule has 0 aliphatic carbocycles. The topological polar surface area (TPSA) is 56.1 Å². The average Bonchev–Trinajstić information content (AvgIpc) is 3.16. The van der Waals surface area contributed by atoms with Gasteiger partial charge in [0.1, 0.15) is 5.75 Å². The van der Waals surface area contributed by atoms with Gasteiger partial charge in [-0.2, -0.15) is 18.3 Å². The first-order valence-electron chi connectivity index (χ1n) is 8.08. The summed E-state index contributed by atoms with van der Waals surface area (Å²) in [5.74, 6) is -0.235. The Morgan fingerprint density at radius 2 is 1.89 bits per heavy atom. The fourth-order valence-corrected chi connectivity index (χ4v) is 2.43. The molecule has 27 heavy (non-hydrogen) atoms. The molecule has 0 spiro atoms. The molecule has 5 nitrogen and oxygen atoms in total. The number of benzene rings is 2. The van der Waals surface area contributed by atoms with E-state index in [1.165, 1.54) is 36.1 Å². The Labute approximate surface area is 153 Å². The molecule has 0 saturated carbocycles. The first kappa shape index (κ1) is 18.5. The second-order valence-electron chi connectivity index (χ2n) is 5.74. The second kappa shape index (κ2) is 7.53. The van der Waals surface area contributed by atoms with Gasteiger partial charge in [0.15, 0.2) is 6.10 Å². The number of carbonyl (C=O) groups excluding carboxylic acids is 1. The first-order valence-corrected chi connectivity index (χ1v) is 8.08. The number of hydrogen-bond acceptors (Lipinski definition) is 3. The lowest BCUT2D eigenvalue weighted by Crippen LogP contribution is -2.31. The predicted octanol–water partition coefficient (Wildman–Crippen LogP) is 4.30. The smallest absolute Gasteiger partial charge is 0.418 e. The summed E-state index contributed by atoms with van der Waals surface area (Å²) >= 11 is 0. The van der Waals surface area contributed by atoms with E-state index in [4.69, 9.17) is 4.74 Å². The molecule has 0 bridgehead atoms. The van der Waals surface area contributed by atoms with Gasteiger partial charge < -0.3 is 10.1 Å². The number of nitrogens with zero attached hydrogens (tertiary/aromatic N) is 2. The Bertz CT molecular complexity index is 910. The van der Waals surface area contributed by atoms with Crippen molar-refractivity contribution < 1.29 is 22.7 Å². The molecule has 3 aromatic rings. The van der Waals surface area contributed by atoms with Crippen LogP contribution in [0, 0.1) is 0 Å². The van der Waals surface area contributed by atoms with Crippen molar-refractivity contribution >= 4 is 11.6 Å². The molecule has 140 valence electrons. The van der Waals surface area contributed by atoms with Crippen LogP contribution in [0.25, 0.3) is 5.69 Å². The third-order valence-corrected chi connectivity index (χ3v) is 3.76. The number of ether oxygens (including phenoxy) is 1. The molecule has 0 aliphatic heterocycles. The highest BCUT2D eigenvalue weighted by molar-refractivity contribution is 5.95. The lowest BCUT2D eigenvalue weighted by Gasteiger charge is -2.18. The maximum atomic E-state index is 13.5. The van der Waals surface area contributed by atoms with E-state index in [1.807, 2.05) is 0 Å². The number of nitrogens with one attached hydrogen (secondary N) is 1. The van der Waals surface area contributed by atoms with Crippen LogP contribution in [0.15, 0.2) is 67.0 Å². The summed E-state index contributed by atoms with van der Waals surface area (Å²) in [4.78, 5) is 12.3. The molecule has 1 amide bonds. The van der Waals surface area contributed by atoms with Crippen LogP contribution in [0.4, 0.5) is 18.9 Å². The number of aromatic nitrogens is 2. The van der Waals surface area contributed by atoms with Gasteiger partial charge >= 0.3 is 6.18 Å². The summed E-state index contributed by atoms with van der Waals surface area (Å²) in [7, 11) is 0. The molecule has 1 heterocycles. The summed E-state index contributed by atoms with van der Waals surface area (Å²) in [6.45, 7) is 1.47. The van der Waals surface area contributed by atoms with E-state index >= 15 is 0 Å². The molecule has 8 heteroatoms. The lowest BCUT2D eigenvalue weighted by atomic mass is 10.1. The van der Waals surface area contributed by atoms with Crippen LogP contribution in [0.5, 0.6) is 5.75 Å². The molecule has 0 unspecified atom stereocenters. The number of carbonyl (C=O) groups is 1. The van der Waals surface area contributed by atoms with Gasteiger partial charge in [0.25, 0.3) is 5.91 Å². The zero-order valence-corrected chi connectivity index (χ0v) is 14.3. The number of hydrogen-bond donors (Lipinski definition) is 1. The van der Waals surface area contributed by atoms with Gasteiger partial charge in [-0.15, -0.1) is 0 Å². The van der Waals surface area contributed by atoms with E-state index in [-0.39, 0.29) is 11.4 Å². The Morgan fingerprint density at radius 1 is 1.15 bits per heavy atom. The zero-order chi connectivity index (χ0) is 19.4. The highest BCUT2D eigenvalue weighted by Crippen LogP contribution is 2.36. The van der Waals surface area contributed by atoms with Crippen molar-refractivity contribution in [2.24, 2.45) is 0 Å². The maximum Gasteiger partial charge on any atom is 0.418 e. The summed E-state index contributed by atoms with van der Waals surface area (Å²) in [5.41, 5.74) is -1.07. The van der Waals surface area contributed by atoms with Crippen LogP contribution in [0.3, 0.4) is 0 Å². The van der Waals surface area contributed by atoms with Crippen molar-refractivity contribution in [3.8, 4) is 11.4 Å². The number of amides is 1. The van der Waals surface area contributed by atoms with Crippen molar-refractivity contribution in [2.75, 3.05) is 5.32 Å². The average molecular weight is 375 g/mol. The van der Waals surface area contributed by atoms with Crippen LogP contribution in [0.2, 0.25) is 0 Å². The third kappa shape index (κ3) is 4.46. The van der Waals surface area contributed by atoms with Crippen molar-refractivity contribution in [3.05, 3.63) is 72.6 Å². The van der Waals surface area contributed by atoms with Crippen molar-refractivity contribution in [1.82, 2.24) is 9.78 Å². The normalized spacial score (nSPS) is 12.4. The fraction of sp³-hybridized carbons (Fsp3) is 0.158. The summed E-state index contributed by atoms with van der Waals surface area (Å²) in [6.07, 6.45) is -2.62. The first-order chi connectivity index (χ1) is 12.8. The molecule has 3 rings (SSSR count). The van der Waals surface area contributed by atoms with Crippen LogP contribution in [-0.4, -0.2) is 21.8 Å². The largest absolute Gasteiger partial charge is 0.481 e. The number of halogens is 3. The Hall–Kier alpha value is -3.29. The highest BCUT2D eigenvalue weighted by atomic mass is 19.4. The van der Waals surface area contributed by atoms with Gasteiger partial charge in [-0.1, -0.05) is 18.2 Å². The number of alkyl halides is 3. The van der Waals surface area contributed by atoms with Crippen LogP contribution < -0.4 is 10.1 Å². The SMILES string of the molecule is C[C@@H](Oc1ccccc1)C(=O)Nc1ccc(-n2cccn2)cc1C(F)(F)F. The number of anilines is 1. The molecule has 1 atom stereocenters. The predicted molar refractivity (Wildman–Crippen MR) is 93.7 cm³/mol. The Kier molecular flexibility index (Phi) is 5.16. The zero-order valence-electron chi connectivity index (χ0n) is 14.3. The molecule has 0 fully saturated rings.